The van der Waals surface area contributed by atoms with Crippen LogP contribution in [0.2, 0.25) is 0 Å². The second-order valence-electron chi connectivity index (χ2n) is 6.04. The zero-order chi connectivity index (χ0) is 17.4. The van der Waals surface area contributed by atoms with Gasteiger partial charge in [0.25, 0.3) is 0 Å². The van der Waals surface area contributed by atoms with Crippen molar-refractivity contribution >= 4 is 33.5 Å². The number of aromatic nitrogens is 4. The second kappa shape index (κ2) is 6.33. The van der Waals surface area contributed by atoms with Gasteiger partial charge in [0.2, 0.25) is 5.16 Å². The fraction of sp³-hybridized carbons (Fsp3) is 0.222. The number of thioether (sulfide) groups is 1. The fourth-order valence-corrected chi connectivity index (χ4v) is 3.87. The molecule has 2 heterocycles. The Morgan fingerprint density at radius 3 is 2.88 bits per heavy atom. The maximum atomic E-state index is 12.0. The second-order valence-corrected chi connectivity index (χ2v) is 6.98. The summed E-state index contributed by atoms with van der Waals surface area (Å²) in [6, 6.07) is 13.6. The number of nitrogens with zero attached hydrogens (tertiary/aromatic N) is 4. The molecule has 4 rings (SSSR count). The molecule has 0 unspecified atom stereocenters. The van der Waals surface area contributed by atoms with Crippen LogP contribution >= 0.6 is 11.8 Å². The average molecular weight is 352 g/mol. The summed E-state index contributed by atoms with van der Waals surface area (Å²) in [4.78, 5) is 12.0. The minimum absolute atomic E-state index is 0.177. The van der Waals surface area contributed by atoms with Crippen LogP contribution in [0.3, 0.4) is 0 Å². The first-order chi connectivity index (χ1) is 12.1. The molecular weight excluding hydrogens is 336 g/mol. The van der Waals surface area contributed by atoms with Gasteiger partial charge in [0, 0.05) is 17.2 Å². The normalized spacial score (nSPS) is 11.6. The molecule has 0 amide bonds. The highest BCUT2D eigenvalue weighted by Gasteiger charge is 2.13. The van der Waals surface area contributed by atoms with Gasteiger partial charge >= 0.3 is 5.63 Å². The number of hydrogen-bond donors (Lipinski definition) is 0. The Morgan fingerprint density at radius 2 is 2.04 bits per heavy atom. The molecule has 0 bridgehead atoms. The van der Waals surface area contributed by atoms with Gasteiger partial charge in [-0.1, -0.05) is 42.1 Å². The van der Waals surface area contributed by atoms with Crippen molar-refractivity contribution in [3.63, 3.8) is 0 Å². The molecule has 6 nitrogen and oxygen atoms in total. The van der Waals surface area contributed by atoms with Crippen LogP contribution in [0.5, 0.6) is 0 Å². The molecule has 25 heavy (non-hydrogen) atoms. The number of benzene rings is 2. The van der Waals surface area contributed by atoms with Crippen LogP contribution < -0.4 is 5.63 Å². The van der Waals surface area contributed by atoms with Crippen molar-refractivity contribution in [3.05, 3.63) is 58.4 Å². The van der Waals surface area contributed by atoms with Crippen LogP contribution in [0.15, 0.2) is 56.8 Å². The van der Waals surface area contributed by atoms with Crippen LogP contribution in [0.1, 0.15) is 25.5 Å². The highest BCUT2D eigenvalue weighted by molar-refractivity contribution is 7.98. The SMILES string of the molecule is CC(C)n1nnnc1SCc1cc(=O)oc2ccc3ccccc3c12. The summed E-state index contributed by atoms with van der Waals surface area (Å²) >= 11 is 1.51. The third-order valence-corrected chi connectivity index (χ3v) is 5.01. The molecule has 0 saturated carbocycles. The topological polar surface area (TPSA) is 73.8 Å². The van der Waals surface area contributed by atoms with E-state index >= 15 is 0 Å². The Hall–Kier alpha value is -2.67. The molecule has 0 radical (unpaired) electrons. The van der Waals surface area contributed by atoms with Crippen molar-refractivity contribution in [2.45, 2.75) is 30.8 Å². The number of tetrazole rings is 1. The summed E-state index contributed by atoms with van der Waals surface area (Å²) in [5.41, 5.74) is 1.18. The van der Waals surface area contributed by atoms with Crippen LogP contribution in [0, 0.1) is 0 Å². The van der Waals surface area contributed by atoms with E-state index in [2.05, 4.69) is 21.6 Å². The molecular formula is C18H16N4O2S. The van der Waals surface area contributed by atoms with E-state index in [-0.39, 0.29) is 11.7 Å². The van der Waals surface area contributed by atoms with Crippen molar-refractivity contribution in [2.24, 2.45) is 0 Å². The number of hydrogen-bond acceptors (Lipinski definition) is 6. The van der Waals surface area contributed by atoms with Crippen molar-refractivity contribution in [2.75, 3.05) is 0 Å². The van der Waals surface area contributed by atoms with E-state index in [1.807, 2.05) is 44.2 Å². The van der Waals surface area contributed by atoms with Crippen molar-refractivity contribution in [1.82, 2.24) is 20.2 Å². The molecule has 0 atom stereocenters. The van der Waals surface area contributed by atoms with Crippen LogP contribution in [-0.2, 0) is 5.75 Å². The highest BCUT2D eigenvalue weighted by atomic mass is 32.2. The molecule has 0 N–H and O–H groups in total. The molecule has 0 aliphatic rings. The lowest BCUT2D eigenvalue weighted by molar-refractivity contribution is 0.477. The van der Waals surface area contributed by atoms with E-state index in [1.165, 1.54) is 11.8 Å². The zero-order valence-electron chi connectivity index (χ0n) is 13.8. The average Bonchev–Trinajstić information content (AvgIpc) is 3.08. The predicted octanol–water partition coefficient (Wildman–Crippen LogP) is 3.81. The predicted molar refractivity (Wildman–Crippen MR) is 97.8 cm³/mol. The number of fused-ring (bicyclic) bond motifs is 3. The number of rotatable bonds is 4. The Bertz CT molecular complexity index is 1120. The quantitative estimate of drug-likeness (QED) is 0.316. The smallest absolute Gasteiger partial charge is 0.336 e. The molecule has 2 aromatic heterocycles. The summed E-state index contributed by atoms with van der Waals surface area (Å²) in [5.74, 6) is 0.587. The largest absolute Gasteiger partial charge is 0.423 e. The van der Waals surface area contributed by atoms with E-state index in [0.29, 0.717) is 11.3 Å². The molecule has 0 saturated heterocycles. The van der Waals surface area contributed by atoms with E-state index in [1.54, 1.807) is 10.7 Å². The van der Waals surface area contributed by atoms with Crippen molar-refractivity contribution in [3.8, 4) is 0 Å². The Labute approximate surface area is 147 Å². The van der Waals surface area contributed by atoms with E-state index in [4.69, 9.17) is 4.42 Å². The van der Waals surface area contributed by atoms with E-state index in [0.717, 1.165) is 26.9 Å². The van der Waals surface area contributed by atoms with Crippen molar-refractivity contribution in [1.29, 1.82) is 0 Å². The fourth-order valence-electron chi connectivity index (χ4n) is 2.88. The summed E-state index contributed by atoms with van der Waals surface area (Å²) < 4.78 is 7.17. The first-order valence-corrected chi connectivity index (χ1v) is 8.97. The molecule has 0 fully saturated rings. The minimum atomic E-state index is -0.346. The van der Waals surface area contributed by atoms with Crippen LogP contribution in [0.4, 0.5) is 0 Å². The van der Waals surface area contributed by atoms with Gasteiger partial charge in [0.05, 0.1) is 6.04 Å². The first-order valence-electron chi connectivity index (χ1n) is 7.98. The minimum Gasteiger partial charge on any atom is -0.423 e. The maximum absolute atomic E-state index is 12.0. The maximum Gasteiger partial charge on any atom is 0.336 e. The van der Waals surface area contributed by atoms with Crippen LogP contribution in [0.25, 0.3) is 21.7 Å². The van der Waals surface area contributed by atoms with Crippen LogP contribution in [-0.4, -0.2) is 20.2 Å². The van der Waals surface area contributed by atoms with E-state index < -0.39 is 0 Å². The summed E-state index contributed by atoms with van der Waals surface area (Å²) in [6.45, 7) is 4.06. The van der Waals surface area contributed by atoms with Gasteiger partial charge in [0.1, 0.15) is 5.58 Å². The molecule has 0 aliphatic carbocycles. The summed E-state index contributed by atoms with van der Waals surface area (Å²) in [7, 11) is 0. The monoisotopic (exact) mass is 352 g/mol. The Morgan fingerprint density at radius 1 is 1.20 bits per heavy atom. The summed E-state index contributed by atoms with van der Waals surface area (Å²) in [6.07, 6.45) is 0. The van der Waals surface area contributed by atoms with Gasteiger partial charge in [-0.2, -0.15) is 0 Å². The van der Waals surface area contributed by atoms with Crippen molar-refractivity contribution < 1.29 is 4.42 Å². The lowest BCUT2D eigenvalue weighted by Crippen LogP contribution is -2.05. The first kappa shape index (κ1) is 15.8. The molecule has 0 spiro atoms. The standard InChI is InChI=1S/C18H16N4O2S/c1-11(2)22-18(19-20-21-22)25-10-13-9-16(23)24-15-8-7-12-5-3-4-6-14(12)17(13)15/h3-9,11H,10H2,1-2H3. The van der Waals surface area contributed by atoms with Gasteiger partial charge in [-0.3, -0.25) is 0 Å². The molecule has 4 aromatic rings. The molecule has 7 heteroatoms. The van der Waals surface area contributed by atoms with Gasteiger partial charge in [-0.25, -0.2) is 9.48 Å². The van der Waals surface area contributed by atoms with Gasteiger partial charge in [-0.05, 0) is 46.7 Å². The zero-order valence-corrected chi connectivity index (χ0v) is 14.7. The third-order valence-electron chi connectivity index (χ3n) is 4.02. The Balaban J connectivity index is 1.82. The molecule has 0 aliphatic heterocycles. The van der Waals surface area contributed by atoms with Gasteiger partial charge in [-0.15, -0.1) is 5.10 Å². The van der Waals surface area contributed by atoms with Gasteiger partial charge < -0.3 is 4.42 Å². The molecule has 2 aromatic carbocycles. The lowest BCUT2D eigenvalue weighted by Gasteiger charge is -2.09. The summed E-state index contributed by atoms with van der Waals surface area (Å²) in [5, 5.41) is 15.7. The van der Waals surface area contributed by atoms with Gasteiger partial charge in [0.15, 0.2) is 0 Å². The highest BCUT2D eigenvalue weighted by Crippen LogP contribution is 2.31. The third kappa shape index (κ3) is 2.91. The Kier molecular flexibility index (Phi) is 4.01. The lowest BCUT2D eigenvalue weighted by atomic mass is 10.0. The van der Waals surface area contributed by atoms with E-state index in [9.17, 15) is 4.79 Å². The molecule has 126 valence electrons.